The van der Waals surface area contributed by atoms with Crippen LogP contribution in [-0.4, -0.2) is 49.4 Å². The molecule has 7 heteroatoms. The van der Waals surface area contributed by atoms with Gasteiger partial charge in [-0.25, -0.2) is 4.79 Å². The average Bonchev–Trinajstić information content (AvgIpc) is 2.14. The highest BCUT2D eigenvalue weighted by molar-refractivity contribution is 5.95. The fourth-order valence-electron chi connectivity index (χ4n) is 1.35. The van der Waals surface area contributed by atoms with Gasteiger partial charge in [-0.1, -0.05) is 13.8 Å². The lowest BCUT2D eigenvalue weighted by atomic mass is 10.2. The van der Waals surface area contributed by atoms with Gasteiger partial charge in [0, 0.05) is 13.6 Å². The zero-order valence-electron chi connectivity index (χ0n) is 10.4. The third-order valence-electron chi connectivity index (χ3n) is 1.85. The van der Waals surface area contributed by atoms with Crippen molar-refractivity contribution in [3.8, 4) is 0 Å². The van der Waals surface area contributed by atoms with Gasteiger partial charge in [0.05, 0.1) is 13.1 Å². The topological polar surface area (TPSA) is 105 Å². The molecule has 0 aromatic carbocycles. The quantitative estimate of drug-likeness (QED) is 0.550. The highest BCUT2D eigenvalue weighted by Crippen LogP contribution is 1.97. The van der Waals surface area contributed by atoms with E-state index in [1.807, 2.05) is 13.8 Å². The van der Waals surface area contributed by atoms with E-state index >= 15 is 0 Å². The Morgan fingerprint density at radius 1 is 1.24 bits per heavy atom. The van der Waals surface area contributed by atoms with Crippen LogP contribution in [0.4, 0.5) is 4.79 Å². The largest absolute Gasteiger partial charge is 0.369 e. The van der Waals surface area contributed by atoms with Crippen molar-refractivity contribution in [1.29, 1.82) is 0 Å². The Bertz CT molecular complexity index is 291. The number of rotatable bonds is 6. The van der Waals surface area contributed by atoms with Gasteiger partial charge < -0.3 is 11.1 Å². The molecule has 4 N–H and O–H groups in total. The number of carbonyl (C=O) groups excluding carboxylic acids is 3. The minimum atomic E-state index is -0.571. The van der Waals surface area contributed by atoms with Crippen LogP contribution in [0.3, 0.4) is 0 Å². The van der Waals surface area contributed by atoms with Gasteiger partial charge in [-0.2, -0.15) is 0 Å². The molecule has 4 amide bonds. The first-order chi connectivity index (χ1) is 7.85. The van der Waals surface area contributed by atoms with Crippen LogP contribution in [0.5, 0.6) is 0 Å². The van der Waals surface area contributed by atoms with Crippen molar-refractivity contribution in [2.24, 2.45) is 11.7 Å². The minimum Gasteiger partial charge on any atom is -0.369 e. The van der Waals surface area contributed by atoms with Crippen LogP contribution in [0, 0.1) is 5.92 Å². The van der Waals surface area contributed by atoms with Gasteiger partial charge in [0.1, 0.15) is 0 Å². The van der Waals surface area contributed by atoms with Crippen LogP contribution >= 0.6 is 0 Å². The van der Waals surface area contributed by atoms with E-state index in [4.69, 9.17) is 5.73 Å². The van der Waals surface area contributed by atoms with Crippen molar-refractivity contribution < 1.29 is 14.4 Å². The normalized spacial score (nSPS) is 10.4. The lowest BCUT2D eigenvalue weighted by Crippen LogP contribution is -2.46. The van der Waals surface area contributed by atoms with Gasteiger partial charge >= 0.3 is 6.03 Å². The zero-order valence-corrected chi connectivity index (χ0v) is 10.4. The van der Waals surface area contributed by atoms with E-state index in [9.17, 15) is 14.4 Å². The molecule has 7 nitrogen and oxygen atoms in total. The fraction of sp³-hybridized carbons (Fsp3) is 0.700. The molecule has 0 saturated heterocycles. The van der Waals surface area contributed by atoms with Gasteiger partial charge in [-0.05, 0) is 5.92 Å². The molecule has 0 spiro atoms. The molecule has 0 atom stereocenters. The fourth-order valence-corrected chi connectivity index (χ4v) is 1.35. The maximum atomic E-state index is 11.4. The Hall–Kier alpha value is -1.63. The second-order valence-corrected chi connectivity index (χ2v) is 4.16. The van der Waals surface area contributed by atoms with Crippen molar-refractivity contribution in [3.05, 3.63) is 0 Å². The molecule has 0 bridgehead atoms. The second kappa shape index (κ2) is 7.61. The molecule has 0 aliphatic rings. The molecule has 0 aromatic rings. The van der Waals surface area contributed by atoms with Crippen LogP contribution in [0.2, 0.25) is 0 Å². The van der Waals surface area contributed by atoms with Crippen molar-refractivity contribution in [1.82, 2.24) is 15.5 Å². The number of nitrogens with two attached hydrogens (primary N) is 1. The Balaban J connectivity index is 4.26. The summed E-state index contributed by atoms with van der Waals surface area (Å²) in [6, 6.07) is -0.571. The van der Waals surface area contributed by atoms with E-state index in [-0.39, 0.29) is 13.1 Å². The van der Waals surface area contributed by atoms with Gasteiger partial charge in [0.2, 0.25) is 11.8 Å². The number of hydrogen-bond donors (Lipinski definition) is 3. The van der Waals surface area contributed by atoms with Crippen LogP contribution in [0.25, 0.3) is 0 Å². The molecule has 17 heavy (non-hydrogen) atoms. The standard InChI is InChI=1S/C10H20N4O3/c1-7(2)4-14(5-8(11)15)6-9(16)13-10(17)12-3/h7H,4-6H2,1-3H3,(H2,11,15)(H2,12,13,16,17). The predicted molar refractivity (Wildman–Crippen MR) is 63.1 cm³/mol. The highest BCUT2D eigenvalue weighted by atomic mass is 16.2. The maximum absolute atomic E-state index is 11.4. The summed E-state index contributed by atoms with van der Waals surface area (Å²) >= 11 is 0. The molecule has 98 valence electrons. The molecular formula is C10H20N4O3. The average molecular weight is 244 g/mol. The Labute approximate surface area is 101 Å². The highest BCUT2D eigenvalue weighted by Gasteiger charge is 2.15. The molecule has 0 aromatic heterocycles. The van der Waals surface area contributed by atoms with Crippen molar-refractivity contribution in [3.63, 3.8) is 0 Å². The van der Waals surface area contributed by atoms with Crippen LogP contribution < -0.4 is 16.4 Å². The summed E-state index contributed by atoms with van der Waals surface area (Å²) in [5.41, 5.74) is 5.08. The number of nitrogens with one attached hydrogen (secondary N) is 2. The number of nitrogens with zero attached hydrogens (tertiary/aromatic N) is 1. The zero-order chi connectivity index (χ0) is 13.4. The SMILES string of the molecule is CNC(=O)NC(=O)CN(CC(N)=O)CC(C)C. The Morgan fingerprint density at radius 3 is 2.24 bits per heavy atom. The summed E-state index contributed by atoms with van der Waals surface area (Å²) in [5, 5.41) is 4.39. The Morgan fingerprint density at radius 2 is 1.82 bits per heavy atom. The number of urea groups is 1. The molecular weight excluding hydrogens is 224 g/mol. The summed E-state index contributed by atoms with van der Waals surface area (Å²) in [6.07, 6.45) is 0. The minimum absolute atomic E-state index is 0.000651. The van der Waals surface area contributed by atoms with Gasteiger partial charge in [0.15, 0.2) is 0 Å². The third kappa shape index (κ3) is 8.21. The molecule has 0 unspecified atom stereocenters. The number of hydrogen-bond acceptors (Lipinski definition) is 4. The smallest absolute Gasteiger partial charge is 0.321 e. The molecule has 0 heterocycles. The summed E-state index contributed by atoms with van der Waals surface area (Å²) < 4.78 is 0. The van der Waals surface area contributed by atoms with Crippen LogP contribution in [0.15, 0.2) is 0 Å². The van der Waals surface area contributed by atoms with Crippen LogP contribution in [-0.2, 0) is 9.59 Å². The van der Waals surface area contributed by atoms with E-state index in [0.717, 1.165) is 0 Å². The molecule has 0 radical (unpaired) electrons. The monoisotopic (exact) mass is 244 g/mol. The molecule has 0 aliphatic heterocycles. The first-order valence-electron chi connectivity index (χ1n) is 5.37. The number of amides is 4. The molecule has 0 aliphatic carbocycles. The predicted octanol–water partition coefficient (Wildman–Crippen LogP) is -1.11. The summed E-state index contributed by atoms with van der Waals surface area (Å²) in [7, 11) is 1.41. The molecule has 0 rings (SSSR count). The summed E-state index contributed by atoms with van der Waals surface area (Å²) in [5.74, 6) is -0.674. The lowest BCUT2D eigenvalue weighted by molar-refractivity contribution is -0.123. The first-order valence-corrected chi connectivity index (χ1v) is 5.37. The van der Waals surface area contributed by atoms with Gasteiger partial charge in [-0.3, -0.25) is 19.8 Å². The maximum Gasteiger partial charge on any atom is 0.321 e. The van der Waals surface area contributed by atoms with E-state index in [1.54, 1.807) is 4.90 Å². The second-order valence-electron chi connectivity index (χ2n) is 4.16. The van der Waals surface area contributed by atoms with E-state index in [0.29, 0.717) is 12.5 Å². The first kappa shape index (κ1) is 15.4. The van der Waals surface area contributed by atoms with Crippen molar-refractivity contribution in [2.45, 2.75) is 13.8 Å². The van der Waals surface area contributed by atoms with E-state index in [2.05, 4.69) is 10.6 Å². The molecule has 0 saturated carbocycles. The number of carbonyl (C=O) groups is 3. The van der Waals surface area contributed by atoms with E-state index in [1.165, 1.54) is 7.05 Å². The third-order valence-corrected chi connectivity index (χ3v) is 1.85. The van der Waals surface area contributed by atoms with Crippen LogP contribution in [0.1, 0.15) is 13.8 Å². The summed E-state index contributed by atoms with van der Waals surface area (Å²) in [6.45, 7) is 4.45. The lowest BCUT2D eigenvalue weighted by Gasteiger charge is -2.21. The van der Waals surface area contributed by atoms with Gasteiger partial charge in [-0.15, -0.1) is 0 Å². The number of imide groups is 1. The Kier molecular flexibility index (Phi) is 6.88. The van der Waals surface area contributed by atoms with Gasteiger partial charge in [0.25, 0.3) is 0 Å². The van der Waals surface area contributed by atoms with Crippen molar-refractivity contribution >= 4 is 17.8 Å². The summed E-state index contributed by atoms with van der Waals surface area (Å²) in [4.78, 5) is 34.7. The number of primary amides is 1. The molecule has 0 fully saturated rings. The van der Waals surface area contributed by atoms with Crippen molar-refractivity contribution in [2.75, 3.05) is 26.7 Å². The van der Waals surface area contributed by atoms with E-state index < -0.39 is 17.8 Å².